The fourth-order valence-electron chi connectivity index (χ4n) is 4.33. The van der Waals surface area contributed by atoms with E-state index in [1.165, 1.54) is 6.07 Å². The molecule has 1 aliphatic heterocycles. The van der Waals surface area contributed by atoms with Crippen molar-refractivity contribution in [2.24, 2.45) is 5.41 Å². The Morgan fingerprint density at radius 3 is 2.33 bits per heavy atom. The SMILES string of the molecule is CC(C)(C)OC(=O)NC1CC2(CCN(c3ccc([N+](=O)[O-])cc3C(F)(F)F)CC2)C1. The highest BCUT2D eigenvalue weighted by Crippen LogP contribution is 2.50. The number of nitrogens with one attached hydrogen (secondary N) is 1. The molecule has 2 fully saturated rings. The van der Waals surface area contributed by atoms with Gasteiger partial charge in [0.2, 0.25) is 0 Å². The summed E-state index contributed by atoms with van der Waals surface area (Å²) in [5, 5.41) is 13.7. The quantitative estimate of drug-likeness (QED) is 0.546. The van der Waals surface area contributed by atoms with E-state index in [-0.39, 0.29) is 17.1 Å². The van der Waals surface area contributed by atoms with Crippen LogP contribution in [0.25, 0.3) is 0 Å². The average molecular weight is 429 g/mol. The smallest absolute Gasteiger partial charge is 0.418 e. The lowest BCUT2D eigenvalue weighted by atomic mass is 9.60. The number of piperidine rings is 1. The van der Waals surface area contributed by atoms with Gasteiger partial charge in [0.25, 0.3) is 5.69 Å². The fourth-order valence-corrected chi connectivity index (χ4v) is 4.33. The molecule has 1 heterocycles. The summed E-state index contributed by atoms with van der Waals surface area (Å²) in [6.45, 7) is 6.23. The third-order valence-electron chi connectivity index (χ3n) is 5.74. The van der Waals surface area contributed by atoms with Gasteiger partial charge in [-0.25, -0.2) is 4.79 Å². The molecule has 0 radical (unpaired) electrons. The lowest BCUT2D eigenvalue weighted by molar-refractivity contribution is -0.385. The number of carbonyl (C=O) groups excluding carboxylic acids is 1. The molecule has 0 atom stereocenters. The molecule has 1 aromatic carbocycles. The molecule has 1 N–H and O–H groups in total. The molecule has 7 nitrogen and oxygen atoms in total. The third-order valence-corrected chi connectivity index (χ3v) is 5.74. The molecule has 0 bridgehead atoms. The highest BCUT2D eigenvalue weighted by atomic mass is 19.4. The molecule has 1 spiro atoms. The molecule has 0 aromatic heterocycles. The van der Waals surface area contributed by atoms with Crippen LogP contribution >= 0.6 is 0 Å². The monoisotopic (exact) mass is 429 g/mol. The number of ether oxygens (including phenoxy) is 1. The van der Waals surface area contributed by atoms with E-state index in [1.807, 2.05) is 0 Å². The van der Waals surface area contributed by atoms with E-state index >= 15 is 0 Å². The second-order valence-electron chi connectivity index (χ2n) is 9.19. The maximum absolute atomic E-state index is 13.5. The number of non-ortho nitro benzene ring substituents is 1. The number of nitro groups is 1. The van der Waals surface area contributed by atoms with E-state index in [0.717, 1.165) is 18.9 Å². The number of anilines is 1. The highest BCUT2D eigenvalue weighted by molar-refractivity contribution is 5.68. The van der Waals surface area contributed by atoms with Crippen LogP contribution in [-0.4, -0.2) is 35.7 Å². The molecule has 3 rings (SSSR count). The minimum absolute atomic E-state index is 0.00928. The number of nitrogens with zero attached hydrogens (tertiary/aromatic N) is 2. The Morgan fingerprint density at radius 2 is 1.83 bits per heavy atom. The predicted molar refractivity (Wildman–Crippen MR) is 104 cm³/mol. The van der Waals surface area contributed by atoms with Crippen LogP contribution in [0.4, 0.5) is 29.3 Å². The first-order chi connectivity index (χ1) is 13.8. The van der Waals surface area contributed by atoms with Crippen molar-refractivity contribution in [1.29, 1.82) is 0 Å². The van der Waals surface area contributed by atoms with Crippen LogP contribution in [0.2, 0.25) is 0 Å². The molecule has 2 aliphatic rings. The molecule has 1 aliphatic carbocycles. The van der Waals surface area contributed by atoms with Crippen LogP contribution in [0.3, 0.4) is 0 Å². The van der Waals surface area contributed by atoms with Gasteiger partial charge in [-0.3, -0.25) is 10.1 Å². The van der Waals surface area contributed by atoms with Gasteiger partial charge in [-0.15, -0.1) is 0 Å². The lowest BCUT2D eigenvalue weighted by Crippen LogP contribution is -2.55. The van der Waals surface area contributed by atoms with Crippen molar-refractivity contribution in [3.05, 3.63) is 33.9 Å². The first kappa shape index (κ1) is 22.2. The Morgan fingerprint density at radius 1 is 1.23 bits per heavy atom. The van der Waals surface area contributed by atoms with Crippen LogP contribution in [-0.2, 0) is 10.9 Å². The van der Waals surface area contributed by atoms with Crippen LogP contribution in [0.5, 0.6) is 0 Å². The van der Waals surface area contributed by atoms with Gasteiger partial charge in [0.15, 0.2) is 0 Å². The van der Waals surface area contributed by atoms with Crippen molar-refractivity contribution in [1.82, 2.24) is 5.32 Å². The number of rotatable bonds is 3. The van der Waals surface area contributed by atoms with Crippen LogP contribution in [0, 0.1) is 15.5 Å². The topological polar surface area (TPSA) is 84.7 Å². The van der Waals surface area contributed by atoms with E-state index in [4.69, 9.17) is 4.74 Å². The Bertz CT molecular complexity index is 820. The summed E-state index contributed by atoms with van der Waals surface area (Å²) in [6, 6.07) is 2.91. The first-order valence-corrected chi connectivity index (χ1v) is 9.88. The number of nitro benzene ring substituents is 1. The first-order valence-electron chi connectivity index (χ1n) is 9.88. The summed E-state index contributed by atoms with van der Waals surface area (Å²) in [7, 11) is 0. The number of alkyl halides is 3. The maximum atomic E-state index is 13.5. The number of carbonyl (C=O) groups is 1. The molecule has 10 heteroatoms. The number of hydrogen-bond donors (Lipinski definition) is 1. The van der Waals surface area contributed by atoms with Gasteiger partial charge in [0.1, 0.15) is 5.60 Å². The summed E-state index contributed by atoms with van der Waals surface area (Å²) in [5.41, 5.74) is -2.14. The van der Waals surface area contributed by atoms with Gasteiger partial charge in [0, 0.05) is 37.0 Å². The minimum Gasteiger partial charge on any atom is -0.444 e. The predicted octanol–water partition coefficient (Wildman–Crippen LogP) is 4.89. The third kappa shape index (κ3) is 4.96. The summed E-state index contributed by atoms with van der Waals surface area (Å²) >= 11 is 0. The molecule has 30 heavy (non-hydrogen) atoms. The van der Waals surface area contributed by atoms with E-state index in [2.05, 4.69) is 5.32 Å². The maximum Gasteiger partial charge on any atom is 0.418 e. The van der Waals surface area contributed by atoms with E-state index in [1.54, 1.807) is 25.7 Å². The molecule has 1 amide bonds. The Balaban J connectivity index is 1.61. The Labute approximate surface area is 172 Å². The van der Waals surface area contributed by atoms with Crippen LogP contribution < -0.4 is 10.2 Å². The number of halogens is 3. The molecule has 0 unspecified atom stereocenters. The minimum atomic E-state index is -4.67. The van der Waals surface area contributed by atoms with Crippen molar-refractivity contribution >= 4 is 17.5 Å². The molecule has 1 aromatic rings. The molecule has 1 saturated heterocycles. The summed E-state index contributed by atoms with van der Waals surface area (Å²) in [5.74, 6) is 0. The second kappa shape index (κ2) is 7.63. The summed E-state index contributed by atoms with van der Waals surface area (Å²) < 4.78 is 45.6. The van der Waals surface area contributed by atoms with Crippen molar-refractivity contribution in [3.63, 3.8) is 0 Å². The summed E-state index contributed by atoms with van der Waals surface area (Å²) in [6.07, 6.45) is -2.18. The van der Waals surface area contributed by atoms with Gasteiger partial charge in [0.05, 0.1) is 10.5 Å². The van der Waals surface area contributed by atoms with E-state index in [0.29, 0.717) is 32.0 Å². The van der Waals surface area contributed by atoms with Crippen molar-refractivity contribution in [2.75, 3.05) is 18.0 Å². The van der Waals surface area contributed by atoms with Crippen molar-refractivity contribution in [3.8, 4) is 0 Å². The Hall–Kier alpha value is -2.52. The number of benzene rings is 1. The largest absolute Gasteiger partial charge is 0.444 e. The second-order valence-corrected chi connectivity index (χ2v) is 9.19. The zero-order chi connectivity index (χ0) is 22.3. The van der Waals surface area contributed by atoms with Gasteiger partial charge in [-0.05, 0) is 57.9 Å². The van der Waals surface area contributed by atoms with Gasteiger partial charge < -0.3 is 15.0 Å². The standard InChI is InChI=1S/C20H26F3N3O4/c1-18(2,3)30-17(27)24-13-11-19(12-13)6-8-25(9-7-19)16-5-4-14(26(28)29)10-15(16)20(21,22)23/h4-5,10,13H,6-9,11-12H2,1-3H3,(H,24,27). The molecule has 1 saturated carbocycles. The van der Waals surface area contributed by atoms with Gasteiger partial charge >= 0.3 is 12.3 Å². The van der Waals surface area contributed by atoms with Crippen LogP contribution in [0.15, 0.2) is 18.2 Å². The normalized spacial score (nSPS) is 19.3. The lowest BCUT2D eigenvalue weighted by Gasteiger charge is -2.52. The van der Waals surface area contributed by atoms with Gasteiger partial charge in [-0.1, -0.05) is 0 Å². The average Bonchev–Trinajstić information content (AvgIpc) is 2.58. The number of alkyl carbamates (subject to hydrolysis) is 1. The van der Waals surface area contributed by atoms with Gasteiger partial charge in [-0.2, -0.15) is 13.2 Å². The zero-order valence-corrected chi connectivity index (χ0v) is 17.2. The van der Waals surface area contributed by atoms with Crippen molar-refractivity contribution in [2.45, 2.75) is 64.3 Å². The number of hydrogen-bond acceptors (Lipinski definition) is 5. The zero-order valence-electron chi connectivity index (χ0n) is 17.2. The van der Waals surface area contributed by atoms with Crippen LogP contribution in [0.1, 0.15) is 52.0 Å². The molecule has 166 valence electrons. The van der Waals surface area contributed by atoms with Crippen molar-refractivity contribution < 1.29 is 27.6 Å². The fraction of sp³-hybridized carbons (Fsp3) is 0.650. The summed E-state index contributed by atoms with van der Waals surface area (Å²) in [4.78, 5) is 23.6. The molecular weight excluding hydrogens is 403 g/mol. The highest BCUT2D eigenvalue weighted by Gasteiger charge is 2.47. The van der Waals surface area contributed by atoms with E-state index in [9.17, 15) is 28.1 Å². The van der Waals surface area contributed by atoms with E-state index < -0.39 is 34.0 Å². The Kier molecular flexibility index (Phi) is 5.64. The number of amides is 1. The molecular formula is C20H26F3N3O4.